The van der Waals surface area contributed by atoms with Gasteiger partial charge in [-0.05, 0) is 23.6 Å². The summed E-state index contributed by atoms with van der Waals surface area (Å²) in [6.07, 6.45) is 0. The van der Waals surface area contributed by atoms with Crippen molar-refractivity contribution < 1.29 is 14.3 Å². The quantitative estimate of drug-likeness (QED) is 0.759. The molecule has 0 spiro atoms. The monoisotopic (exact) mass is 362 g/mol. The van der Waals surface area contributed by atoms with Crippen molar-refractivity contribution in [3.63, 3.8) is 0 Å². The predicted molar refractivity (Wildman–Crippen MR) is 102 cm³/mol. The van der Waals surface area contributed by atoms with Crippen molar-refractivity contribution in [2.45, 2.75) is 19.8 Å². The Hall–Kier alpha value is -2.40. The largest absolute Gasteiger partial charge is 0.495 e. The van der Waals surface area contributed by atoms with Gasteiger partial charge in [-0.2, -0.15) is 0 Å². The molecule has 0 heterocycles. The summed E-state index contributed by atoms with van der Waals surface area (Å²) in [5.74, 6) is 1.14. The molecule has 0 saturated carbocycles. The summed E-state index contributed by atoms with van der Waals surface area (Å²) in [4.78, 5) is 12.3. The van der Waals surface area contributed by atoms with Gasteiger partial charge in [-0.1, -0.05) is 43.6 Å². The number of para-hydroxylation sites is 1. The number of rotatable bonds is 7. The minimum atomic E-state index is -0.196. The lowest BCUT2D eigenvalue weighted by Crippen LogP contribution is -2.22. The van der Waals surface area contributed by atoms with Gasteiger partial charge in [0.2, 0.25) is 5.91 Å². The van der Waals surface area contributed by atoms with Crippen molar-refractivity contribution in [3.05, 3.63) is 47.0 Å². The molecule has 0 saturated heterocycles. The van der Waals surface area contributed by atoms with Gasteiger partial charge >= 0.3 is 0 Å². The summed E-state index contributed by atoms with van der Waals surface area (Å²) in [5.41, 5.74) is 2.62. The van der Waals surface area contributed by atoms with Crippen LogP contribution in [0.2, 0.25) is 5.02 Å². The highest BCUT2D eigenvalue weighted by Gasteiger charge is 2.13. The van der Waals surface area contributed by atoms with E-state index in [4.69, 9.17) is 21.1 Å². The SMILES string of the molecule is COc1cc(OC)c(NC(=O)CNc2ccccc2C(C)C)cc1Cl. The van der Waals surface area contributed by atoms with Crippen LogP contribution in [0.5, 0.6) is 11.5 Å². The summed E-state index contributed by atoms with van der Waals surface area (Å²) in [7, 11) is 3.05. The lowest BCUT2D eigenvalue weighted by molar-refractivity contribution is -0.114. The molecule has 2 rings (SSSR count). The molecule has 2 N–H and O–H groups in total. The van der Waals surface area contributed by atoms with E-state index in [1.165, 1.54) is 19.8 Å². The van der Waals surface area contributed by atoms with E-state index in [1.807, 2.05) is 18.2 Å². The van der Waals surface area contributed by atoms with Gasteiger partial charge in [0.1, 0.15) is 11.5 Å². The summed E-state index contributed by atoms with van der Waals surface area (Å²) in [6.45, 7) is 4.37. The molecule has 5 nitrogen and oxygen atoms in total. The van der Waals surface area contributed by atoms with E-state index in [0.717, 1.165) is 5.69 Å². The number of carbonyl (C=O) groups is 1. The van der Waals surface area contributed by atoms with E-state index in [9.17, 15) is 4.79 Å². The average Bonchev–Trinajstić information content (AvgIpc) is 2.60. The van der Waals surface area contributed by atoms with Crippen LogP contribution in [-0.2, 0) is 4.79 Å². The molecule has 2 aromatic rings. The van der Waals surface area contributed by atoms with Crippen LogP contribution in [0.3, 0.4) is 0 Å². The van der Waals surface area contributed by atoms with E-state index in [0.29, 0.717) is 28.1 Å². The van der Waals surface area contributed by atoms with Gasteiger partial charge in [-0.25, -0.2) is 0 Å². The molecule has 0 aromatic heterocycles. The van der Waals surface area contributed by atoms with Crippen LogP contribution in [-0.4, -0.2) is 26.7 Å². The first-order chi connectivity index (χ1) is 12.0. The second-order valence-electron chi connectivity index (χ2n) is 5.83. The van der Waals surface area contributed by atoms with Crippen LogP contribution in [0.15, 0.2) is 36.4 Å². The minimum Gasteiger partial charge on any atom is -0.495 e. The Labute approximate surface area is 153 Å². The van der Waals surface area contributed by atoms with Gasteiger partial charge < -0.3 is 20.1 Å². The van der Waals surface area contributed by atoms with Gasteiger partial charge in [-0.15, -0.1) is 0 Å². The Morgan fingerprint density at radius 1 is 1.08 bits per heavy atom. The summed E-state index contributed by atoms with van der Waals surface area (Å²) in [6, 6.07) is 11.2. The van der Waals surface area contributed by atoms with E-state index < -0.39 is 0 Å². The fourth-order valence-corrected chi connectivity index (χ4v) is 2.73. The maximum absolute atomic E-state index is 12.3. The van der Waals surface area contributed by atoms with Crippen LogP contribution >= 0.6 is 11.6 Å². The number of hydrogen-bond acceptors (Lipinski definition) is 4. The molecule has 0 fully saturated rings. The molecule has 0 aliphatic rings. The molecular formula is C19H23ClN2O3. The fourth-order valence-electron chi connectivity index (χ4n) is 2.49. The Morgan fingerprint density at radius 3 is 2.40 bits per heavy atom. The minimum absolute atomic E-state index is 0.135. The third-order valence-electron chi connectivity index (χ3n) is 3.77. The molecule has 0 aliphatic carbocycles. The molecule has 0 radical (unpaired) electrons. The van der Waals surface area contributed by atoms with Crippen LogP contribution in [0.1, 0.15) is 25.3 Å². The Kier molecular flexibility index (Phi) is 6.53. The molecule has 0 aliphatic heterocycles. The Morgan fingerprint density at radius 2 is 1.76 bits per heavy atom. The van der Waals surface area contributed by atoms with E-state index >= 15 is 0 Å². The lowest BCUT2D eigenvalue weighted by atomic mass is 10.0. The third kappa shape index (κ3) is 4.79. The van der Waals surface area contributed by atoms with E-state index in [2.05, 4.69) is 30.5 Å². The normalized spacial score (nSPS) is 10.5. The third-order valence-corrected chi connectivity index (χ3v) is 4.07. The first-order valence-electron chi connectivity index (χ1n) is 8.00. The number of halogens is 1. The van der Waals surface area contributed by atoms with Crippen molar-refractivity contribution in [2.24, 2.45) is 0 Å². The molecule has 6 heteroatoms. The average molecular weight is 363 g/mol. The highest BCUT2D eigenvalue weighted by Crippen LogP contribution is 2.35. The van der Waals surface area contributed by atoms with Gasteiger partial charge in [0.25, 0.3) is 0 Å². The van der Waals surface area contributed by atoms with Crippen molar-refractivity contribution in [1.82, 2.24) is 0 Å². The summed E-state index contributed by atoms with van der Waals surface area (Å²) >= 11 is 6.12. The number of hydrogen-bond donors (Lipinski definition) is 2. The molecule has 2 aromatic carbocycles. The second kappa shape index (κ2) is 8.62. The maximum Gasteiger partial charge on any atom is 0.243 e. The molecule has 134 valence electrons. The summed E-state index contributed by atoms with van der Waals surface area (Å²) < 4.78 is 10.4. The number of carbonyl (C=O) groups excluding carboxylic acids is 1. The zero-order chi connectivity index (χ0) is 18.4. The highest BCUT2D eigenvalue weighted by molar-refractivity contribution is 6.32. The van der Waals surface area contributed by atoms with Crippen molar-refractivity contribution in [1.29, 1.82) is 0 Å². The molecule has 25 heavy (non-hydrogen) atoms. The Bertz CT molecular complexity index is 747. The molecular weight excluding hydrogens is 340 g/mol. The van der Waals surface area contributed by atoms with Crippen LogP contribution in [0.25, 0.3) is 0 Å². The standard InChI is InChI=1S/C19H23ClN2O3/c1-12(2)13-7-5-6-8-15(13)21-11-19(23)22-16-9-14(20)17(24-3)10-18(16)25-4/h5-10,12,21H,11H2,1-4H3,(H,22,23). The zero-order valence-corrected chi connectivity index (χ0v) is 15.6. The lowest BCUT2D eigenvalue weighted by Gasteiger charge is -2.16. The fraction of sp³-hybridized carbons (Fsp3) is 0.316. The van der Waals surface area contributed by atoms with E-state index in [1.54, 1.807) is 12.1 Å². The zero-order valence-electron chi connectivity index (χ0n) is 14.9. The van der Waals surface area contributed by atoms with Gasteiger partial charge in [-0.3, -0.25) is 4.79 Å². The highest BCUT2D eigenvalue weighted by atomic mass is 35.5. The van der Waals surface area contributed by atoms with Gasteiger partial charge in [0.05, 0.1) is 31.5 Å². The van der Waals surface area contributed by atoms with Crippen LogP contribution in [0.4, 0.5) is 11.4 Å². The van der Waals surface area contributed by atoms with Crippen LogP contribution < -0.4 is 20.1 Å². The molecule has 1 amide bonds. The first-order valence-corrected chi connectivity index (χ1v) is 8.38. The van der Waals surface area contributed by atoms with Crippen molar-refractivity contribution in [2.75, 3.05) is 31.4 Å². The number of ether oxygens (including phenoxy) is 2. The van der Waals surface area contributed by atoms with Gasteiger partial charge in [0.15, 0.2) is 0 Å². The number of methoxy groups -OCH3 is 2. The molecule has 0 unspecified atom stereocenters. The molecule has 0 bridgehead atoms. The number of benzene rings is 2. The Balaban J connectivity index is 2.07. The predicted octanol–water partition coefficient (Wildman–Crippen LogP) is 4.53. The van der Waals surface area contributed by atoms with Crippen molar-refractivity contribution >= 4 is 28.9 Å². The summed E-state index contributed by atoms with van der Waals surface area (Å²) in [5, 5.41) is 6.38. The topological polar surface area (TPSA) is 59.6 Å². The van der Waals surface area contributed by atoms with Gasteiger partial charge in [0, 0.05) is 11.8 Å². The second-order valence-corrected chi connectivity index (χ2v) is 6.24. The molecule has 0 atom stereocenters. The van der Waals surface area contributed by atoms with Crippen molar-refractivity contribution in [3.8, 4) is 11.5 Å². The number of amides is 1. The number of anilines is 2. The first kappa shape index (κ1) is 18.9. The smallest absolute Gasteiger partial charge is 0.243 e. The number of nitrogens with one attached hydrogen (secondary N) is 2. The maximum atomic E-state index is 12.3. The van der Waals surface area contributed by atoms with Crippen LogP contribution in [0, 0.1) is 0 Å². The van der Waals surface area contributed by atoms with E-state index in [-0.39, 0.29) is 12.5 Å².